The Hall–Kier alpha value is 0.150. The zero-order valence-corrected chi connectivity index (χ0v) is 7.66. The SMILES string of the molecule is CCC(=N)CC(Br)CC. The third-order valence-corrected chi connectivity index (χ3v) is 2.31. The molecule has 0 radical (unpaired) electrons. The van der Waals surface area contributed by atoms with Gasteiger partial charge in [0, 0.05) is 10.5 Å². The molecule has 0 amide bonds. The Morgan fingerprint density at radius 3 is 2.44 bits per heavy atom. The quantitative estimate of drug-likeness (QED) is 0.523. The third kappa shape index (κ3) is 4.64. The van der Waals surface area contributed by atoms with Crippen LogP contribution in [0.1, 0.15) is 33.1 Å². The molecule has 0 aliphatic heterocycles. The van der Waals surface area contributed by atoms with Gasteiger partial charge in [-0.05, 0) is 19.3 Å². The van der Waals surface area contributed by atoms with Gasteiger partial charge in [0.1, 0.15) is 0 Å². The van der Waals surface area contributed by atoms with Crippen LogP contribution in [0.25, 0.3) is 0 Å². The highest BCUT2D eigenvalue weighted by atomic mass is 79.9. The molecule has 0 heterocycles. The number of rotatable bonds is 4. The average molecular weight is 192 g/mol. The molecular formula is C7H14BrN. The van der Waals surface area contributed by atoms with Gasteiger partial charge < -0.3 is 5.41 Å². The van der Waals surface area contributed by atoms with E-state index in [0.717, 1.165) is 25.0 Å². The maximum absolute atomic E-state index is 7.34. The smallest absolute Gasteiger partial charge is 0.0195 e. The van der Waals surface area contributed by atoms with E-state index in [-0.39, 0.29) is 0 Å². The summed E-state index contributed by atoms with van der Waals surface area (Å²) in [6.07, 6.45) is 2.91. The zero-order chi connectivity index (χ0) is 7.28. The summed E-state index contributed by atoms with van der Waals surface area (Å²) < 4.78 is 0. The summed E-state index contributed by atoms with van der Waals surface area (Å²) in [4.78, 5) is 0.518. The van der Waals surface area contributed by atoms with Crippen molar-refractivity contribution in [1.29, 1.82) is 5.41 Å². The Morgan fingerprint density at radius 1 is 1.56 bits per heavy atom. The zero-order valence-electron chi connectivity index (χ0n) is 6.08. The van der Waals surface area contributed by atoms with Crippen LogP contribution in [0, 0.1) is 5.41 Å². The Kier molecular flexibility index (Phi) is 5.06. The standard InChI is InChI=1S/C7H14BrN/c1-3-6(8)5-7(9)4-2/h6,9H,3-5H2,1-2H3. The van der Waals surface area contributed by atoms with Crippen LogP contribution in [0.3, 0.4) is 0 Å². The lowest BCUT2D eigenvalue weighted by Crippen LogP contribution is -2.03. The fourth-order valence-electron chi connectivity index (χ4n) is 0.556. The normalized spacial score (nSPS) is 13.2. The summed E-state index contributed by atoms with van der Waals surface area (Å²) in [6, 6.07) is 0. The van der Waals surface area contributed by atoms with E-state index < -0.39 is 0 Å². The van der Waals surface area contributed by atoms with Crippen molar-refractivity contribution in [3.05, 3.63) is 0 Å². The number of hydrogen-bond donors (Lipinski definition) is 1. The average Bonchev–Trinajstić information content (AvgIpc) is 1.87. The van der Waals surface area contributed by atoms with Crippen LogP contribution in [0.2, 0.25) is 0 Å². The molecule has 0 bridgehead atoms. The maximum atomic E-state index is 7.34. The maximum Gasteiger partial charge on any atom is 0.0195 e. The van der Waals surface area contributed by atoms with E-state index in [4.69, 9.17) is 5.41 Å². The summed E-state index contributed by atoms with van der Waals surface area (Å²) in [6.45, 7) is 4.15. The minimum Gasteiger partial charge on any atom is -0.310 e. The van der Waals surface area contributed by atoms with Crippen molar-refractivity contribution in [2.75, 3.05) is 0 Å². The van der Waals surface area contributed by atoms with Gasteiger partial charge in [-0.1, -0.05) is 29.8 Å². The van der Waals surface area contributed by atoms with Crippen molar-refractivity contribution in [2.45, 2.75) is 37.9 Å². The van der Waals surface area contributed by atoms with Gasteiger partial charge in [0.2, 0.25) is 0 Å². The molecule has 0 aromatic heterocycles. The monoisotopic (exact) mass is 191 g/mol. The molecule has 0 saturated carbocycles. The van der Waals surface area contributed by atoms with Crippen molar-refractivity contribution in [1.82, 2.24) is 0 Å². The number of halogens is 1. The lowest BCUT2D eigenvalue weighted by Gasteiger charge is -2.04. The summed E-state index contributed by atoms with van der Waals surface area (Å²) in [5, 5.41) is 7.34. The molecule has 2 heteroatoms. The molecule has 0 aliphatic rings. The largest absolute Gasteiger partial charge is 0.310 e. The highest BCUT2D eigenvalue weighted by Gasteiger charge is 2.02. The summed E-state index contributed by atoms with van der Waals surface area (Å²) in [5.74, 6) is 0. The van der Waals surface area contributed by atoms with Gasteiger partial charge in [0.15, 0.2) is 0 Å². The van der Waals surface area contributed by atoms with Gasteiger partial charge in [-0.3, -0.25) is 0 Å². The fraction of sp³-hybridized carbons (Fsp3) is 0.857. The van der Waals surface area contributed by atoms with Crippen LogP contribution >= 0.6 is 15.9 Å². The van der Waals surface area contributed by atoms with Crippen molar-refractivity contribution in [2.24, 2.45) is 0 Å². The first-order valence-corrected chi connectivity index (χ1v) is 4.32. The Morgan fingerprint density at radius 2 is 2.11 bits per heavy atom. The lowest BCUT2D eigenvalue weighted by atomic mass is 10.1. The van der Waals surface area contributed by atoms with Gasteiger partial charge >= 0.3 is 0 Å². The fourth-order valence-corrected chi connectivity index (χ4v) is 0.947. The number of nitrogens with one attached hydrogen (secondary N) is 1. The molecule has 1 unspecified atom stereocenters. The molecule has 0 aliphatic carbocycles. The molecule has 54 valence electrons. The Balaban J connectivity index is 3.34. The molecule has 1 N–H and O–H groups in total. The van der Waals surface area contributed by atoms with E-state index in [1.165, 1.54) is 0 Å². The van der Waals surface area contributed by atoms with Crippen molar-refractivity contribution < 1.29 is 0 Å². The molecule has 0 fully saturated rings. The lowest BCUT2D eigenvalue weighted by molar-refractivity contribution is 0.857. The molecule has 0 aromatic carbocycles. The first kappa shape index (κ1) is 9.15. The molecule has 0 aromatic rings. The first-order valence-electron chi connectivity index (χ1n) is 3.41. The second-order valence-electron chi connectivity index (χ2n) is 2.17. The summed E-state index contributed by atoms with van der Waals surface area (Å²) in [7, 11) is 0. The molecule has 0 rings (SSSR count). The van der Waals surface area contributed by atoms with E-state index in [1.807, 2.05) is 6.92 Å². The van der Waals surface area contributed by atoms with Gasteiger partial charge in [-0.15, -0.1) is 0 Å². The second-order valence-corrected chi connectivity index (χ2v) is 3.46. The highest BCUT2D eigenvalue weighted by Crippen LogP contribution is 2.10. The van der Waals surface area contributed by atoms with E-state index >= 15 is 0 Å². The topological polar surface area (TPSA) is 23.9 Å². The number of alkyl halides is 1. The molecular weight excluding hydrogens is 178 g/mol. The minimum absolute atomic E-state index is 0.518. The van der Waals surface area contributed by atoms with Crippen LogP contribution in [0.5, 0.6) is 0 Å². The van der Waals surface area contributed by atoms with E-state index in [2.05, 4.69) is 22.9 Å². The predicted octanol–water partition coefficient (Wildman–Crippen LogP) is 2.98. The van der Waals surface area contributed by atoms with Crippen molar-refractivity contribution >= 4 is 21.6 Å². The predicted molar refractivity (Wildman–Crippen MR) is 45.6 cm³/mol. The van der Waals surface area contributed by atoms with Gasteiger partial charge in [0.05, 0.1) is 0 Å². The molecule has 0 saturated heterocycles. The molecule has 0 spiro atoms. The molecule has 1 atom stereocenters. The second kappa shape index (κ2) is 4.98. The van der Waals surface area contributed by atoms with Crippen LogP contribution in [-0.2, 0) is 0 Å². The van der Waals surface area contributed by atoms with E-state index in [9.17, 15) is 0 Å². The molecule has 1 nitrogen and oxygen atoms in total. The summed E-state index contributed by atoms with van der Waals surface area (Å²) >= 11 is 3.48. The van der Waals surface area contributed by atoms with Crippen molar-refractivity contribution in [3.8, 4) is 0 Å². The Labute approximate surface area is 65.5 Å². The summed E-state index contributed by atoms with van der Waals surface area (Å²) in [5.41, 5.74) is 0.846. The first-order chi connectivity index (χ1) is 4.20. The van der Waals surface area contributed by atoms with Crippen LogP contribution < -0.4 is 0 Å². The van der Waals surface area contributed by atoms with Crippen LogP contribution in [0.4, 0.5) is 0 Å². The van der Waals surface area contributed by atoms with E-state index in [0.29, 0.717) is 4.83 Å². The molecule has 9 heavy (non-hydrogen) atoms. The number of hydrogen-bond acceptors (Lipinski definition) is 1. The van der Waals surface area contributed by atoms with Crippen molar-refractivity contribution in [3.63, 3.8) is 0 Å². The van der Waals surface area contributed by atoms with Crippen LogP contribution in [0.15, 0.2) is 0 Å². The van der Waals surface area contributed by atoms with Gasteiger partial charge in [-0.2, -0.15) is 0 Å². The van der Waals surface area contributed by atoms with Crippen LogP contribution in [-0.4, -0.2) is 10.5 Å². The minimum atomic E-state index is 0.518. The Bertz CT molecular complexity index is 90.9. The van der Waals surface area contributed by atoms with Gasteiger partial charge in [-0.25, -0.2) is 0 Å². The highest BCUT2D eigenvalue weighted by molar-refractivity contribution is 9.09. The third-order valence-electron chi connectivity index (χ3n) is 1.34. The van der Waals surface area contributed by atoms with E-state index in [1.54, 1.807) is 0 Å². The van der Waals surface area contributed by atoms with Gasteiger partial charge in [0.25, 0.3) is 0 Å².